The normalized spacial score (nSPS) is 17.7. The van der Waals surface area contributed by atoms with E-state index in [1.54, 1.807) is 24.5 Å². The molecule has 0 bridgehead atoms. The number of carbonyl (C=O) groups excluding carboxylic acids is 1. The van der Waals surface area contributed by atoms with Crippen LogP contribution in [0.2, 0.25) is 0 Å². The van der Waals surface area contributed by atoms with Crippen molar-refractivity contribution in [2.24, 2.45) is 5.41 Å². The third-order valence-electron chi connectivity index (χ3n) is 3.52. The lowest BCUT2D eigenvalue weighted by atomic mass is 9.79. The van der Waals surface area contributed by atoms with E-state index in [0.717, 1.165) is 33.2 Å². The molecule has 0 atom stereocenters. The standard InChI is InChI=1S/C16H18N2O2S/c1-16(2)8-10(6-11(19)9-16)17-15-18-13-5-4-12(20-3)7-14(13)21-15/h4-7H,8-9H2,1-3H3,(H,17,18). The molecule has 1 N–H and O–H groups in total. The van der Waals surface area contributed by atoms with E-state index in [-0.39, 0.29) is 11.2 Å². The second-order valence-electron chi connectivity index (χ2n) is 6.13. The van der Waals surface area contributed by atoms with Gasteiger partial charge in [-0.05, 0) is 30.0 Å². The molecule has 1 aromatic heterocycles. The Morgan fingerprint density at radius 2 is 2.14 bits per heavy atom. The molecule has 0 fully saturated rings. The number of hydrogen-bond acceptors (Lipinski definition) is 5. The van der Waals surface area contributed by atoms with Gasteiger partial charge in [0.15, 0.2) is 10.9 Å². The minimum atomic E-state index is 0.00800. The number of fused-ring (bicyclic) bond motifs is 1. The number of methoxy groups -OCH3 is 1. The van der Waals surface area contributed by atoms with E-state index >= 15 is 0 Å². The number of carbonyl (C=O) groups is 1. The molecule has 0 unspecified atom stereocenters. The van der Waals surface area contributed by atoms with E-state index in [0.29, 0.717) is 6.42 Å². The highest BCUT2D eigenvalue weighted by molar-refractivity contribution is 7.22. The Bertz CT molecular complexity index is 731. The third kappa shape index (κ3) is 3.08. The van der Waals surface area contributed by atoms with Gasteiger partial charge in [-0.1, -0.05) is 25.2 Å². The first kappa shape index (κ1) is 14.1. The van der Waals surface area contributed by atoms with Gasteiger partial charge in [0.1, 0.15) is 5.75 Å². The van der Waals surface area contributed by atoms with Gasteiger partial charge in [0.2, 0.25) is 0 Å². The van der Waals surface area contributed by atoms with Gasteiger partial charge in [-0.2, -0.15) is 0 Å². The van der Waals surface area contributed by atoms with Gasteiger partial charge in [0.05, 0.1) is 17.3 Å². The van der Waals surface area contributed by atoms with Crippen molar-refractivity contribution in [2.75, 3.05) is 12.4 Å². The zero-order valence-electron chi connectivity index (χ0n) is 12.4. The summed E-state index contributed by atoms with van der Waals surface area (Å²) >= 11 is 1.57. The quantitative estimate of drug-likeness (QED) is 0.931. The molecule has 1 aliphatic carbocycles. The van der Waals surface area contributed by atoms with E-state index in [2.05, 4.69) is 24.1 Å². The number of ether oxygens (including phenoxy) is 1. The van der Waals surface area contributed by atoms with Gasteiger partial charge < -0.3 is 10.1 Å². The predicted octanol–water partition coefficient (Wildman–Crippen LogP) is 3.99. The number of thiazole rings is 1. The summed E-state index contributed by atoms with van der Waals surface area (Å²) in [6, 6.07) is 5.82. The van der Waals surface area contributed by atoms with E-state index in [4.69, 9.17) is 4.74 Å². The summed E-state index contributed by atoms with van der Waals surface area (Å²) in [5.41, 5.74) is 1.89. The number of allylic oxidation sites excluding steroid dienone is 2. The Hall–Kier alpha value is -1.88. The summed E-state index contributed by atoms with van der Waals surface area (Å²) < 4.78 is 6.29. The van der Waals surface area contributed by atoms with Crippen molar-refractivity contribution in [3.63, 3.8) is 0 Å². The van der Waals surface area contributed by atoms with E-state index in [1.807, 2.05) is 18.2 Å². The fourth-order valence-electron chi connectivity index (χ4n) is 2.65. The second kappa shape index (κ2) is 5.15. The second-order valence-corrected chi connectivity index (χ2v) is 7.16. The maximum Gasteiger partial charge on any atom is 0.188 e. The maximum absolute atomic E-state index is 11.8. The summed E-state index contributed by atoms with van der Waals surface area (Å²) in [5, 5.41) is 4.12. The van der Waals surface area contributed by atoms with Crippen molar-refractivity contribution in [3.05, 3.63) is 30.0 Å². The highest BCUT2D eigenvalue weighted by Crippen LogP contribution is 2.36. The number of ketones is 1. The van der Waals surface area contributed by atoms with Crippen molar-refractivity contribution >= 4 is 32.5 Å². The molecule has 0 saturated heterocycles. The molecule has 110 valence electrons. The molecule has 0 aliphatic heterocycles. The number of benzene rings is 1. The Kier molecular flexibility index (Phi) is 3.45. The van der Waals surface area contributed by atoms with Crippen LogP contribution in [0.25, 0.3) is 10.2 Å². The van der Waals surface area contributed by atoms with E-state index in [1.165, 1.54) is 0 Å². The molecule has 5 heteroatoms. The first-order valence-corrected chi connectivity index (χ1v) is 7.72. The van der Waals surface area contributed by atoms with Gasteiger partial charge in [-0.15, -0.1) is 0 Å². The van der Waals surface area contributed by atoms with Crippen molar-refractivity contribution in [1.29, 1.82) is 0 Å². The average Bonchev–Trinajstić information content (AvgIpc) is 2.76. The summed E-state index contributed by atoms with van der Waals surface area (Å²) in [5.74, 6) is 1.00. The third-order valence-corrected chi connectivity index (χ3v) is 4.45. The Morgan fingerprint density at radius 1 is 1.33 bits per heavy atom. The van der Waals surface area contributed by atoms with Crippen LogP contribution in [0.3, 0.4) is 0 Å². The lowest BCUT2D eigenvalue weighted by molar-refractivity contribution is -0.117. The summed E-state index contributed by atoms with van der Waals surface area (Å²) in [4.78, 5) is 16.3. The van der Waals surface area contributed by atoms with E-state index < -0.39 is 0 Å². The number of nitrogens with zero attached hydrogens (tertiary/aromatic N) is 1. The lowest BCUT2D eigenvalue weighted by Crippen LogP contribution is -2.24. The van der Waals surface area contributed by atoms with Gasteiger partial charge >= 0.3 is 0 Å². The zero-order chi connectivity index (χ0) is 15.0. The first-order valence-electron chi connectivity index (χ1n) is 6.90. The SMILES string of the molecule is COc1ccc2nc(NC3=CC(=O)CC(C)(C)C3)sc2c1. The average molecular weight is 302 g/mol. The molecule has 21 heavy (non-hydrogen) atoms. The molecule has 0 radical (unpaired) electrons. The van der Waals surface area contributed by atoms with Gasteiger partial charge in [0.25, 0.3) is 0 Å². The Balaban J connectivity index is 1.86. The fraction of sp³-hybridized carbons (Fsp3) is 0.375. The number of anilines is 1. The smallest absolute Gasteiger partial charge is 0.188 e. The summed E-state index contributed by atoms with van der Waals surface area (Å²) in [6.45, 7) is 4.23. The first-order chi connectivity index (χ1) is 9.95. The van der Waals surface area contributed by atoms with Crippen LogP contribution in [0.1, 0.15) is 26.7 Å². The van der Waals surface area contributed by atoms with Gasteiger partial charge in [-0.25, -0.2) is 4.98 Å². The predicted molar refractivity (Wildman–Crippen MR) is 85.9 cm³/mol. The summed E-state index contributed by atoms with van der Waals surface area (Å²) in [6.07, 6.45) is 3.17. The molecule has 1 heterocycles. The maximum atomic E-state index is 11.8. The zero-order valence-corrected chi connectivity index (χ0v) is 13.2. The van der Waals surface area contributed by atoms with E-state index in [9.17, 15) is 4.79 Å². The molecule has 0 spiro atoms. The van der Waals surface area contributed by atoms with Gasteiger partial charge in [0, 0.05) is 18.2 Å². The molecule has 0 saturated carbocycles. The molecule has 4 nitrogen and oxygen atoms in total. The molecule has 2 aromatic rings. The lowest BCUT2D eigenvalue weighted by Gasteiger charge is -2.28. The molecular formula is C16H18N2O2S. The van der Waals surface area contributed by atoms with Crippen molar-refractivity contribution in [2.45, 2.75) is 26.7 Å². The van der Waals surface area contributed by atoms with Gasteiger partial charge in [-0.3, -0.25) is 4.79 Å². The number of hydrogen-bond donors (Lipinski definition) is 1. The number of nitrogens with one attached hydrogen (secondary N) is 1. The Morgan fingerprint density at radius 3 is 2.86 bits per heavy atom. The minimum Gasteiger partial charge on any atom is -0.497 e. The van der Waals surface area contributed by atoms with Crippen LogP contribution in [-0.4, -0.2) is 17.9 Å². The van der Waals surface area contributed by atoms with Crippen LogP contribution in [-0.2, 0) is 4.79 Å². The fourth-order valence-corrected chi connectivity index (χ4v) is 3.58. The molecule has 0 amide bonds. The Labute approximate surface area is 127 Å². The number of rotatable bonds is 3. The van der Waals surface area contributed by atoms with Crippen molar-refractivity contribution in [3.8, 4) is 5.75 Å². The van der Waals surface area contributed by atoms with Crippen LogP contribution in [0.4, 0.5) is 5.13 Å². The monoisotopic (exact) mass is 302 g/mol. The number of aromatic nitrogens is 1. The van der Waals surface area contributed by atoms with Crippen molar-refractivity contribution in [1.82, 2.24) is 4.98 Å². The summed E-state index contributed by atoms with van der Waals surface area (Å²) in [7, 11) is 1.65. The molecule has 1 aromatic carbocycles. The van der Waals surface area contributed by atoms with Crippen LogP contribution in [0.15, 0.2) is 30.0 Å². The largest absolute Gasteiger partial charge is 0.497 e. The van der Waals surface area contributed by atoms with Crippen LogP contribution >= 0.6 is 11.3 Å². The van der Waals surface area contributed by atoms with Crippen LogP contribution in [0, 0.1) is 5.41 Å². The molecular weight excluding hydrogens is 284 g/mol. The van der Waals surface area contributed by atoms with Crippen LogP contribution in [0.5, 0.6) is 5.75 Å². The minimum absolute atomic E-state index is 0.00800. The highest BCUT2D eigenvalue weighted by Gasteiger charge is 2.27. The topological polar surface area (TPSA) is 51.2 Å². The highest BCUT2D eigenvalue weighted by atomic mass is 32.1. The van der Waals surface area contributed by atoms with Crippen molar-refractivity contribution < 1.29 is 9.53 Å². The van der Waals surface area contributed by atoms with Crippen LogP contribution < -0.4 is 10.1 Å². The molecule has 3 rings (SSSR count). The molecule has 1 aliphatic rings.